The molecule has 0 saturated carbocycles. The maximum absolute atomic E-state index is 13.1. The highest BCUT2D eigenvalue weighted by molar-refractivity contribution is 6.06. The van der Waals surface area contributed by atoms with E-state index in [1.165, 1.54) is 5.57 Å². The number of nitrogens with zero attached hydrogens (tertiary/aromatic N) is 3. The number of carbonyl (C=O) groups excluding carboxylic acids is 1. The van der Waals surface area contributed by atoms with Gasteiger partial charge in [-0.25, -0.2) is 4.98 Å². The zero-order valence-corrected chi connectivity index (χ0v) is 13.8. The van der Waals surface area contributed by atoms with Gasteiger partial charge in [-0.15, -0.1) is 0 Å². The van der Waals surface area contributed by atoms with Crippen LogP contribution < -0.4 is 0 Å². The van der Waals surface area contributed by atoms with E-state index in [2.05, 4.69) is 23.1 Å². The Morgan fingerprint density at radius 3 is 2.87 bits per heavy atom. The smallest absolute Gasteiger partial charge is 0.258 e. The van der Waals surface area contributed by atoms with Gasteiger partial charge in [0.1, 0.15) is 0 Å². The highest BCUT2D eigenvalue weighted by Crippen LogP contribution is 2.36. The molecule has 0 radical (unpaired) electrons. The van der Waals surface area contributed by atoms with Crippen molar-refractivity contribution >= 4 is 17.0 Å². The molecule has 0 N–H and O–H groups in total. The van der Waals surface area contributed by atoms with Crippen molar-refractivity contribution < 1.29 is 9.32 Å². The Bertz CT molecular complexity index is 821. The van der Waals surface area contributed by atoms with Crippen molar-refractivity contribution in [2.45, 2.75) is 33.6 Å². The highest BCUT2D eigenvalue weighted by atomic mass is 16.5. The lowest BCUT2D eigenvalue weighted by molar-refractivity contribution is 0.0786. The second-order valence-corrected chi connectivity index (χ2v) is 6.98. The van der Waals surface area contributed by atoms with Crippen molar-refractivity contribution in [2.24, 2.45) is 11.8 Å². The fourth-order valence-corrected chi connectivity index (χ4v) is 4.01. The summed E-state index contributed by atoms with van der Waals surface area (Å²) >= 11 is 0. The molecule has 2 aliphatic rings. The SMILES string of the molecule is CC1=CC[C@H]2CN(C(=O)c3cc(C)nc4onc(C)c34)C[C@H]2C1. The molecule has 0 unspecified atom stereocenters. The number of hydrogen-bond acceptors (Lipinski definition) is 4. The highest BCUT2D eigenvalue weighted by Gasteiger charge is 2.37. The molecule has 0 aromatic carbocycles. The van der Waals surface area contributed by atoms with Crippen molar-refractivity contribution in [1.29, 1.82) is 0 Å². The first-order valence-electron chi connectivity index (χ1n) is 8.21. The second-order valence-electron chi connectivity index (χ2n) is 6.98. The van der Waals surface area contributed by atoms with Crippen LogP contribution in [0.1, 0.15) is 41.5 Å². The third kappa shape index (κ3) is 2.35. The lowest BCUT2D eigenvalue weighted by atomic mass is 9.83. The molecule has 2 atom stereocenters. The summed E-state index contributed by atoms with van der Waals surface area (Å²) in [6, 6.07) is 1.86. The van der Waals surface area contributed by atoms with E-state index in [9.17, 15) is 4.79 Å². The summed E-state index contributed by atoms with van der Waals surface area (Å²) in [4.78, 5) is 19.4. The summed E-state index contributed by atoms with van der Waals surface area (Å²) in [5.41, 5.74) is 4.10. The number of allylic oxidation sites excluding steroid dienone is 2. The Balaban J connectivity index is 1.67. The number of aryl methyl sites for hydroxylation is 2. The predicted octanol–water partition coefficient (Wildman–Crippen LogP) is 3.27. The maximum Gasteiger partial charge on any atom is 0.258 e. The number of hydrogen-bond donors (Lipinski definition) is 0. The molecule has 0 spiro atoms. The Morgan fingerprint density at radius 2 is 2.04 bits per heavy atom. The summed E-state index contributed by atoms with van der Waals surface area (Å²) in [6.07, 6.45) is 4.54. The quantitative estimate of drug-likeness (QED) is 0.758. The van der Waals surface area contributed by atoms with Gasteiger partial charge in [0.05, 0.1) is 16.6 Å². The summed E-state index contributed by atoms with van der Waals surface area (Å²) in [5, 5.41) is 4.73. The summed E-state index contributed by atoms with van der Waals surface area (Å²) < 4.78 is 5.25. The van der Waals surface area contributed by atoms with Gasteiger partial charge < -0.3 is 9.42 Å². The van der Waals surface area contributed by atoms with Crippen LogP contribution in [0.3, 0.4) is 0 Å². The summed E-state index contributed by atoms with van der Waals surface area (Å²) in [5.74, 6) is 1.29. The van der Waals surface area contributed by atoms with Crippen molar-refractivity contribution in [3.63, 3.8) is 0 Å². The van der Waals surface area contributed by atoms with Crippen LogP contribution in [0.25, 0.3) is 11.1 Å². The fourth-order valence-electron chi connectivity index (χ4n) is 4.01. The van der Waals surface area contributed by atoms with Gasteiger partial charge in [-0.2, -0.15) is 0 Å². The van der Waals surface area contributed by atoms with Crippen LogP contribution >= 0.6 is 0 Å². The van der Waals surface area contributed by atoms with Gasteiger partial charge in [-0.3, -0.25) is 4.79 Å². The van der Waals surface area contributed by atoms with Crippen LogP contribution in [0, 0.1) is 25.7 Å². The molecule has 1 fully saturated rings. The largest absolute Gasteiger partial charge is 0.338 e. The van der Waals surface area contributed by atoms with E-state index in [-0.39, 0.29) is 5.91 Å². The van der Waals surface area contributed by atoms with E-state index < -0.39 is 0 Å². The number of fused-ring (bicyclic) bond motifs is 2. The van der Waals surface area contributed by atoms with Crippen LogP contribution in [0.4, 0.5) is 0 Å². The van der Waals surface area contributed by atoms with Crippen molar-refractivity contribution in [3.8, 4) is 0 Å². The molecule has 2 aromatic rings. The molecular formula is C18H21N3O2. The Hall–Kier alpha value is -2.17. The molecule has 1 saturated heterocycles. The number of pyridine rings is 1. The second kappa shape index (κ2) is 5.18. The minimum atomic E-state index is 0.0823. The van der Waals surface area contributed by atoms with E-state index in [0.29, 0.717) is 23.1 Å². The number of aromatic nitrogens is 2. The first-order valence-corrected chi connectivity index (χ1v) is 8.21. The molecular weight excluding hydrogens is 290 g/mol. The molecule has 1 aliphatic carbocycles. The molecule has 23 heavy (non-hydrogen) atoms. The average molecular weight is 311 g/mol. The van der Waals surface area contributed by atoms with Gasteiger partial charge in [-0.1, -0.05) is 16.8 Å². The van der Waals surface area contributed by atoms with Crippen molar-refractivity contribution in [2.75, 3.05) is 13.1 Å². The molecule has 0 bridgehead atoms. The van der Waals surface area contributed by atoms with Crippen molar-refractivity contribution in [1.82, 2.24) is 15.0 Å². The molecule has 5 nitrogen and oxygen atoms in total. The number of rotatable bonds is 1. The first kappa shape index (κ1) is 14.4. The zero-order chi connectivity index (χ0) is 16.1. The zero-order valence-electron chi connectivity index (χ0n) is 13.8. The number of carbonyl (C=O) groups is 1. The molecule has 120 valence electrons. The molecule has 1 amide bonds. The fraction of sp³-hybridized carbons (Fsp3) is 0.500. The normalized spacial score (nSPS) is 24.0. The van der Waals surface area contributed by atoms with Gasteiger partial charge in [0.25, 0.3) is 11.6 Å². The van der Waals surface area contributed by atoms with Crippen molar-refractivity contribution in [3.05, 3.63) is 34.7 Å². The lowest BCUT2D eigenvalue weighted by Gasteiger charge is -2.21. The van der Waals surface area contributed by atoms with Crippen LogP contribution in [0.15, 0.2) is 22.2 Å². The van der Waals surface area contributed by atoms with Gasteiger partial charge >= 0.3 is 0 Å². The van der Waals surface area contributed by atoms with Crippen LogP contribution in [0.2, 0.25) is 0 Å². The summed E-state index contributed by atoms with van der Waals surface area (Å²) in [7, 11) is 0. The standard InChI is InChI=1S/C18H21N3O2/c1-10-4-5-13-8-21(9-14(13)6-10)18(22)15-7-11(2)19-17-16(15)12(3)20-23-17/h4,7,13-14H,5-6,8-9H2,1-3H3/t13-,14+/m0/s1. The van der Waals surface area contributed by atoms with Gasteiger partial charge in [0.15, 0.2) is 0 Å². The molecule has 3 heterocycles. The number of amides is 1. The van der Waals surface area contributed by atoms with E-state index in [1.807, 2.05) is 24.8 Å². The summed E-state index contributed by atoms with van der Waals surface area (Å²) in [6.45, 7) is 7.63. The molecule has 2 aromatic heterocycles. The Labute approximate surface area is 135 Å². The van der Waals surface area contributed by atoms with Crippen LogP contribution in [-0.2, 0) is 0 Å². The van der Waals surface area contributed by atoms with E-state index >= 15 is 0 Å². The molecule has 1 aliphatic heterocycles. The van der Waals surface area contributed by atoms with E-state index in [1.54, 1.807) is 0 Å². The Morgan fingerprint density at radius 1 is 1.26 bits per heavy atom. The van der Waals surface area contributed by atoms with Gasteiger partial charge in [-0.05, 0) is 51.5 Å². The lowest BCUT2D eigenvalue weighted by Crippen LogP contribution is -2.29. The van der Waals surface area contributed by atoms with Crippen LogP contribution in [-0.4, -0.2) is 34.0 Å². The molecule has 5 heteroatoms. The van der Waals surface area contributed by atoms with Crippen LogP contribution in [0.5, 0.6) is 0 Å². The third-order valence-electron chi connectivity index (χ3n) is 5.19. The van der Waals surface area contributed by atoms with Gasteiger partial charge in [0.2, 0.25) is 0 Å². The average Bonchev–Trinajstić information content (AvgIpc) is 3.09. The monoisotopic (exact) mass is 311 g/mol. The van der Waals surface area contributed by atoms with Gasteiger partial charge in [0, 0.05) is 18.8 Å². The molecule has 4 rings (SSSR count). The number of likely N-dealkylation sites (tertiary alicyclic amines) is 1. The third-order valence-corrected chi connectivity index (χ3v) is 5.19. The first-order chi connectivity index (χ1) is 11.0. The Kier molecular flexibility index (Phi) is 3.25. The minimum absolute atomic E-state index is 0.0823. The maximum atomic E-state index is 13.1. The topological polar surface area (TPSA) is 59.2 Å². The predicted molar refractivity (Wildman–Crippen MR) is 87.2 cm³/mol. The van der Waals surface area contributed by atoms with E-state index in [4.69, 9.17) is 4.52 Å². The van der Waals surface area contributed by atoms with E-state index in [0.717, 1.165) is 42.7 Å². The minimum Gasteiger partial charge on any atom is -0.338 e.